The Bertz CT molecular complexity index is 573. The minimum atomic E-state index is -0.115. The van der Waals surface area contributed by atoms with Gasteiger partial charge >= 0.3 is 0 Å². The smallest absolute Gasteiger partial charge is 0.223 e. The number of carbonyl (C=O) groups is 1. The molecule has 0 unspecified atom stereocenters. The monoisotopic (exact) mass is 244 g/mol. The number of aromatic nitrogens is 3. The molecule has 18 heavy (non-hydrogen) atoms. The summed E-state index contributed by atoms with van der Waals surface area (Å²) in [5.74, 6) is 1.12. The summed E-state index contributed by atoms with van der Waals surface area (Å²) >= 11 is 0. The average Bonchev–Trinajstić information content (AvgIpc) is 2.69. The van der Waals surface area contributed by atoms with E-state index in [4.69, 9.17) is 0 Å². The predicted octanol–water partition coefficient (Wildman–Crippen LogP) is 1.71. The Morgan fingerprint density at radius 3 is 3.00 bits per heavy atom. The summed E-state index contributed by atoms with van der Waals surface area (Å²) in [5, 5.41) is 11.3. The van der Waals surface area contributed by atoms with E-state index in [9.17, 15) is 4.79 Å². The standard InChI is InChI=1S/C13H16N4O/c1-9(14-13(18)10-5-4-6-10)12-16-15-11-7-2-3-8-17(11)12/h2-3,7-10H,4-6H2,1H3,(H,14,18)/t9-/m0/s1. The van der Waals surface area contributed by atoms with Crippen molar-refractivity contribution in [2.24, 2.45) is 5.92 Å². The maximum absolute atomic E-state index is 11.9. The van der Waals surface area contributed by atoms with E-state index in [1.165, 1.54) is 6.42 Å². The van der Waals surface area contributed by atoms with Crippen molar-refractivity contribution >= 4 is 11.6 Å². The zero-order chi connectivity index (χ0) is 12.5. The minimum Gasteiger partial charge on any atom is -0.346 e. The summed E-state index contributed by atoms with van der Waals surface area (Å²) in [6.45, 7) is 1.94. The zero-order valence-electron chi connectivity index (χ0n) is 10.3. The van der Waals surface area contributed by atoms with Crippen molar-refractivity contribution < 1.29 is 4.79 Å². The Kier molecular flexibility index (Phi) is 2.74. The van der Waals surface area contributed by atoms with Crippen LogP contribution in [0.4, 0.5) is 0 Å². The summed E-state index contributed by atoms with van der Waals surface area (Å²) in [6, 6.07) is 5.64. The first-order chi connectivity index (χ1) is 8.75. The molecule has 0 aromatic carbocycles. The molecule has 0 spiro atoms. The largest absolute Gasteiger partial charge is 0.346 e. The molecule has 1 aliphatic rings. The second kappa shape index (κ2) is 4.40. The summed E-state index contributed by atoms with van der Waals surface area (Å²) < 4.78 is 1.91. The van der Waals surface area contributed by atoms with E-state index in [0.29, 0.717) is 0 Å². The third-order valence-electron chi connectivity index (χ3n) is 3.56. The SMILES string of the molecule is C[C@H](NC(=O)C1CCC1)c1nnc2ccccn12. The van der Waals surface area contributed by atoms with E-state index >= 15 is 0 Å². The number of amides is 1. The topological polar surface area (TPSA) is 59.3 Å². The fourth-order valence-electron chi connectivity index (χ4n) is 2.22. The second-order valence-corrected chi connectivity index (χ2v) is 4.85. The molecule has 0 bridgehead atoms. The van der Waals surface area contributed by atoms with Crippen molar-refractivity contribution in [3.8, 4) is 0 Å². The van der Waals surface area contributed by atoms with Crippen LogP contribution in [0.5, 0.6) is 0 Å². The Morgan fingerprint density at radius 1 is 1.44 bits per heavy atom. The Hall–Kier alpha value is -1.91. The van der Waals surface area contributed by atoms with Crippen LogP contribution in [0.15, 0.2) is 24.4 Å². The highest BCUT2D eigenvalue weighted by Crippen LogP contribution is 2.27. The molecule has 1 fully saturated rings. The van der Waals surface area contributed by atoms with Crippen LogP contribution in [0.1, 0.15) is 38.1 Å². The van der Waals surface area contributed by atoms with Gasteiger partial charge in [0.05, 0.1) is 6.04 Å². The molecule has 1 saturated carbocycles. The van der Waals surface area contributed by atoms with E-state index in [1.54, 1.807) is 0 Å². The normalized spacial score (nSPS) is 17.4. The Balaban J connectivity index is 1.79. The van der Waals surface area contributed by atoms with Crippen LogP contribution in [-0.4, -0.2) is 20.5 Å². The molecule has 5 heteroatoms. The molecule has 1 amide bonds. The van der Waals surface area contributed by atoms with Crippen molar-refractivity contribution in [2.45, 2.75) is 32.2 Å². The van der Waals surface area contributed by atoms with Gasteiger partial charge in [-0.05, 0) is 31.9 Å². The van der Waals surface area contributed by atoms with Crippen molar-refractivity contribution in [1.82, 2.24) is 19.9 Å². The highest BCUT2D eigenvalue weighted by atomic mass is 16.2. The Labute approximate surface area is 105 Å². The molecule has 0 saturated heterocycles. The van der Waals surface area contributed by atoms with Crippen molar-refractivity contribution in [3.05, 3.63) is 30.2 Å². The molecule has 1 atom stereocenters. The summed E-state index contributed by atoms with van der Waals surface area (Å²) in [6.07, 6.45) is 5.11. The maximum Gasteiger partial charge on any atom is 0.223 e. The van der Waals surface area contributed by atoms with Gasteiger partial charge in [0.25, 0.3) is 0 Å². The van der Waals surface area contributed by atoms with Crippen molar-refractivity contribution in [1.29, 1.82) is 0 Å². The lowest BCUT2D eigenvalue weighted by Gasteiger charge is -2.25. The fourth-order valence-corrected chi connectivity index (χ4v) is 2.22. The molecular formula is C13H16N4O. The van der Waals surface area contributed by atoms with Crippen LogP contribution in [0, 0.1) is 5.92 Å². The van der Waals surface area contributed by atoms with Gasteiger partial charge in [0.15, 0.2) is 11.5 Å². The third kappa shape index (κ3) is 1.85. The van der Waals surface area contributed by atoms with Gasteiger partial charge in [-0.1, -0.05) is 12.5 Å². The van der Waals surface area contributed by atoms with Gasteiger partial charge in [0.2, 0.25) is 5.91 Å². The lowest BCUT2D eigenvalue weighted by atomic mass is 9.84. The van der Waals surface area contributed by atoms with Gasteiger partial charge in [-0.25, -0.2) is 0 Å². The van der Waals surface area contributed by atoms with Gasteiger partial charge in [0, 0.05) is 12.1 Å². The molecule has 94 valence electrons. The predicted molar refractivity (Wildman–Crippen MR) is 66.9 cm³/mol. The summed E-state index contributed by atoms with van der Waals surface area (Å²) in [7, 11) is 0. The van der Waals surface area contributed by atoms with Gasteiger partial charge in [-0.15, -0.1) is 10.2 Å². The van der Waals surface area contributed by atoms with Crippen LogP contribution in [0.2, 0.25) is 0 Å². The van der Waals surface area contributed by atoms with Crippen molar-refractivity contribution in [3.63, 3.8) is 0 Å². The van der Waals surface area contributed by atoms with E-state index in [1.807, 2.05) is 35.7 Å². The van der Waals surface area contributed by atoms with Crippen LogP contribution >= 0.6 is 0 Å². The number of rotatable bonds is 3. The van der Waals surface area contributed by atoms with Crippen LogP contribution in [-0.2, 0) is 4.79 Å². The fraction of sp³-hybridized carbons (Fsp3) is 0.462. The number of hydrogen-bond acceptors (Lipinski definition) is 3. The third-order valence-corrected chi connectivity index (χ3v) is 3.56. The molecule has 0 radical (unpaired) electrons. The first kappa shape index (κ1) is 11.2. The lowest BCUT2D eigenvalue weighted by molar-refractivity contribution is -0.128. The van der Waals surface area contributed by atoms with E-state index in [-0.39, 0.29) is 17.9 Å². The Morgan fingerprint density at radius 2 is 2.28 bits per heavy atom. The van der Waals surface area contributed by atoms with Gasteiger partial charge < -0.3 is 5.32 Å². The van der Waals surface area contributed by atoms with E-state index < -0.39 is 0 Å². The summed E-state index contributed by atoms with van der Waals surface area (Å²) in [5.41, 5.74) is 0.803. The van der Waals surface area contributed by atoms with Crippen LogP contribution in [0.25, 0.3) is 5.65 Å². The van der Waals surface area contributed by atoms with Crippen LogP contribution in [0.3, 0.4) is 0 Å². The molecule has 3 rings (SSSR count). The first-order valence-electron chi connectivity index (χ1n) is 6.36. The van der Waals surface area contributed by atoms with E-state index in [2.05, 4.69) is 15.5 Å². The number of nitrogens with one attached hydrogen (secondary N) is 1. The zero-order valence-corrected chi connectivity index (χ0v) is 10.3. The number of pyridine rings is 1. The van der Waals surface area contributed by atoms with E-state index in [0.717, 1.165) is 24.3 Å². The quantitative estimate of drug-likeness (QED) is 0.894. The molecule has 2 aromatic heterocycles. The molecule has 1 aliphatic carbocycles. The second-order valence-electron chi connectivity index (χ2n) is 4.85. The molecular weight excluding hydrogens is 228 g/mol. The highest BCUT2D eigenvalue weighted by molar-refractivity contribution is 5.79. The number of carbonyl (C=O) groups excluding carboxylic acids is 1. The first-order valence-corrected chi connectivity index (χ1v) is 6.36. The maximum atomic E-state index is 11.9. The molecule has 2 aromatic rings. The van der Waals surface area contributed by atoms with Crippen molar-refractivity contribution in [2.75, 3.05) is 0 Å². The molecule has 1 N–H and O–H groups in total. The van der Waals surface area contributed by atoms with Gasteiger partial charge in [0.1, 0.15) is 0 Å². The molecule has 0 aliphatic heterocycles. The van der Waals surface area contributed by atoms with Crippen LogP contribution < -0.4 is 5.32 Å². The highest BCUT2D eigenvalue weighted by Gasteiger charge is 2.27. The number of hydrogen-bond donors (Lipinski definition) is 1. The van der Waals surface area contributed by atoms with Gasteiger partial charge in [-0.3, -0.25) is 9.20 Å². The van der Waals surface area contributed by atoms with Gasteiger partial charge in [-0.2, -0.15) is 0 Å². The lowest BCUT2D eigenvalue weighted by Crippen LogP contribution is -2.36. The average molecular weight is 244 g/mol. The summed E-state index contributed by atoms with van der Waals surface area (Å²) in [4.78, 5) is 11.9. The molecule has 2 heterocycles. The number of nitrogens with zero attached hydrogens (tertiary/aromatic N) is 3. The number of fused-ring (bicyclic) bond motifs is 1. The minimum absolute atomic E-state index is 0.115. The molecule has 5 nitrogen and oxygen atoms in total.